The van der Waals surface area contributed by atoms with E-state index in [-0.39, 0.29) is 0 Å². The molecule has 1 aromatic rings. The minimum Gasteiger partial charge on any atom is -0.492 e. The Morgan fingerprint density at radius 3 is 2.86 bits per heavy atom. The summed E-state index contributed by atoms with van der Waals surface area (Å²) in [5.41, 5.74) is 6.82. The Morgan fingerprint density at radius 2 is 2.14 bits per heavy atom. The van der Waals surface area contributed by atoms with Crippen molar-refractivity contribution in [2.45, 2.75) is 6.54 Å². The van der Waals surface area contributed by atoms with Gasteiger partial charge in [0.2, 0.25) is 0 Å². The molecule has 0 radical (unpaired) electrons. The second-order valence-corrected chi connectivity index (χ2v) is 4.92. The van der Waals surface area contributed by atoms with Gasteiger partial charge in [-0.1, -0.05) is 12.1 Å². The van der Waals surface area contributed by atoms with Gasteiger partial charge >= 0.3 is 0 Å². The Bertz CT molecular complexity index is 435. The lowest BCUT2D eigenvalue weighted by molar-refractivity contribution is 0.204. The normalized spacial score (nSPS) is 11.7. The SMILES string of the molecule is COCCNC(N)=NCc1cccc(OCCN(C)C)c1. The van der Waals surface area contributed by atoms with Crippen LogP contribution in [0.4, 0.5) is 0 Å². The van der Waals surface area contributed by atoms with E-state index in [0.717, 1.165) is 17.9 Å². The van der Waals surface area contributed by atoms with Gasteiger partial charge in [-0.15, -0.1) is 0 Å². The lowest BCUT2D eigenvalue weighted by Gasteiger charge is -2.11. The van der Waals surface area contributed by atoms with Crippen LogP contribution in [0.1, 0.15) is 5.56 Å². The highest BCUT2D eigenvalue weighted by Crippen LogP contribution is 2.13. The van der Waals surface area contributed by atoms with Crippen molar-refractivity contribution in [3.63, 3.8) is 0 Å². The number of rotatable bonds is 9. The average Bonchev–Trinajstić information content (AvgIpc) is 2.45. The van der Waals surface area contributed by atoms with E-state index in [2.05, 4.69) is 15.2 Å². The number of hydrogen-bond donors (Lipinski definition) is 2. The van der Waals surface area contributed by atoms with Crippen LogP contribution >= 0.6 is 0 Å². The average molecular weight is 294 g/mol. The number of ether oxygens (including phenoxy) is 2. The number of nitrogens with zero attached hydrogens (tertiary/aromatic N) is 2. The Balaban J connectivity index is 2.42. The largest absolute Gasteiger partial charge is 0.492 e. The highest BCUT2D eigenvalue weighted by Gasteiger charge is 1.98. The van der Waals surface area contributed by atoms with Crippen LogP contribution in [-0.2, 0) is 11.3 Å². The fourth-order valence-electron chi connectivity index (χ4n) is 1.59. The van der Waals surface area contributed by atoms with Crippen molar-refractivity contribution in [3.8, 4) is 5.75 Å². The van der Waals surface area contributed by atoms with Crippen LogP contribution in [0.2, 0.25) is 0 Å². The van der Waals surface area contributed by atoms with E-state index in [4.69, 9.17) is 15.2 Å². The predicted octanol–water partition coefficient (Wildman–Crippen LogP) is 0.678. The highest BCUT2D eigenvalue weighted by molar-refractivity contribution is 5.77. The molecule has 0 fully saturated rings. The minimum atomic E-state index is 0.422. The van der Waals surface area contributed by atoms with Crippen LogP contribution in [0, 0.1) is 0 Å². The van der Waals surface area contributed by atoms with Gasteiger partial charge in [0.05, 0.1) is 13.2 Å². The number of aliphatic imine (C=N–C) groups is 1. The molecule has 0 atom stereocenters. The molecule has 0 unspecified atom stereocenters. The number of nitrogens with two attached hydrogens (primary N) is 1. The quantitative estimate of drug-likeness (QED) is 0.398. The third kappa shape index (κ3) is 8.16. The third-order valence-electron chi connectivity index (χ3n) is 2.75. The molecule has 0 aliphatic carbocycles. The minimum absolute atomic E-state index is 0.422. The number of guanidine groups is 1. The molecule has 0 bridgehead atoms. The summed E-state index contributed by atoms with van der Waals surface area (Å²) in [6.07, 6.45) is 0. The maximum absolute atomic E-state index is 5.76. The van der Waals surface area contributed by atoms with Gasteiger partial charge in [-0.3, -0.25) is 0 Å². The van der Waals surface area contributed by atoms with Crippen molar-refractivity contribution >= 4 is 5.96 Å². The van der Waals surface area contributed by atoms with Crippen molar-refractivity contribution in [1.82, 2.24) is 10.2 Å². The van der Waals surface area contributed by atoms with E-state index < -0.39 is 0 Å². The van der Waals surface area contributed by atoms with Gasteiger partial charge in [0.1, 0.15) is 12.4 Å². The molecule has 0 spiro atoms. The Morgan fingerprint density at radius 1 is 1.33 bits per heavy atom. The first-order chi connectivity index (χ1) is 10.1. The molecule has 0 amide bonds. The van der Waals surface area contributed by atoms with Crippen molar-refractivity contribution in [2.75, 3.05) is 47.5 Å². The highest BCUT2D eigenvalue weighted by atomic mass is 16.5. The monoisotopic (exact) mass is 294 g/mol. The number of methoxy groups -OCH3 is 1. The first-order valence-electron chi connectivity index (χ1n) is 7.01. The van der Waals surface area contributed by atoms with E-state index in [9.17, 15) is 0 Å². The molecule has 6 heteroatoms. The maximum Gasteiger partial charge on any atom is 0.188 e. The van der Waals surface area contributed by atoms with Gasteiger partial charge in [-0.2, -0.15) is 0 Å². The molecule has 0 heterocycles. The van der Waals surface area contributed by atoms with Crippen molar-refractivity contribution in [2.24, 2.45) is 10.7 Å². The Kier molecular flexibility index (Phi) is 8.23. The van der Waals surface area contributed by atoms with Crippen LogP contribution in [-0.4, -0.2) is 58.4 Å². The van der Waals surface area contributed by atoms with E-state index in [1.165, 1.54) is 0 Å². The summed E-state index contributed by atoms with van der Waals surface area (Å²) < 4.78 is 10.6. The van der Waals surface area contributed by atoms with Gasteiger partial charge in [0, 0.05) is 20.2 Å². The van der Waals surface area contributed by atoms with Gasteiger partial charge in [0.25, 0.3) is 0 Å². The summed E-state index contributed by atoms with van der Waals surface area (Å²) in [5, 5.41) is 2.98. The van der Waals surface area contributed by atoms with Gasteiger partial charge < -0.3 is 25.4 Å². The number of hydrogen-bond acceptors (Lipinski definition) is 4. The third-order valence-corrected chi connectivity index (χ3v) is 2.75. The molecule has 6 nitrogen and oxygen atoms in total. The molecule has 3 N–H and O–H groups in total. The summed E-state index contributed by atoms with van der Waals surface area (Å²) in [7, 11) is 5.69. The molecular weight excluding hydrogens is 268 g/mol. The second-order valence-electron chi connectivity index (χ2n) is 4.92. The van der Waals surface area contributed by atoms with Crippen molar-refractivity contribution in [3.05, 3.63) is 29.8 Å². The lowest BCUT2D eigenvalue weighted by atomic mass is 10.2. The molecule has 0 aliphatic rings. The zero-order chi connectivity index (χ0) is 15.5. The molecular formula is C15H26N4O2. The lowest BCUT2D eigenvalue weighted by Crippen LogP contribution is -2.34. The standard InChI is InChI=1S/C15H26N4O2/c1-19(2)8-10-21-14-6-4-5-13(11-14)12-18-15(16)17-7-9-20-3/h4-6,11H,7-10,12H2,1-3H3,(H3,16,17,18). The number of likely N-dealkylation sites (N-methyl/N-ethyl adjacent to an activating group) is 1. The molecule has 0 saturated heterocycles. The van der Waals surface area contributed by atoms with Crippen LogP contribution in [0.25, 0.3) is 0 Å². The van der Waals surface area contributed by atoms with Gasteiger partial charge in [0.15, 0.2) is 5.96 Å². The topological polar surface area (TPSA) is 72.1 Å². The zero-order valence-electron chi connectivity index (χ0n) is 13.1. The van der Waals surface area contributed by atoms with E-state index >= 15 is 0 Å². The van der Waals surface area contributed by atoms with E-state index in [1.807, 2.05) is 38.4 Å². The first kappa shape index (κ1) is 17.3. The van der Waals surface area contributed by atoms with Crippen LogP contribution in [0.5, 0.6) is 5.75 Å². The molecule has 118 valence electrons. The van der Waals surface area contributed by atoms with E-state index in [0.29, 0.717) is 32.3 Å². The number of nitrogens with one attached hydrogen (secondary N) is 1. The van der Waals surface area contributed by atoms with Gasteiger partial charge in [-0.25, -0.2) is 4.99 Å². The molecule has 0 aliphatic heterocycles. The first-order valence-corrected chi connectivity index (χ1v) is 7.01. The Hall–Kier alpha value is -1.79. The second kappa shape index (κ2) is 10.0. The molecule has 1 rings (SSSR count). The van der Waals surface area contributed by atoms with Crippen LogP contribution in [0.15, 0.2) is 29.3 Å². The fraction of sp³-hybridized carbons (Fsp3) is 0.533. The summed E-state index contributed by atoms with van der Waals surface area (Å²) in [5.74, 6) is 1.28. The predicted molar refractivity (Wildman–Crippen MR) is 85.7 cm³/mol. The fourth-order valence-corrected chi connectivity index (χ4v) is 1.59. The molecule has 0 saturated carbocycles. The summed E-state index contributed by atoms with van der Waals surface area (Å²) in [6.45, 7) is 3.33. The molecule has 0 aromatic heterocycles. The zero-order valence-corrected chi connectivity index (χ0v) is 13.1. The smallest absolute Gasteiger partial charge is 0.188 e. The molecule has 21 heavy (non-hydrogen) atoms. The summed E-state index contributed by atoms with van der Waals surface area (Å²) in [6, 6.07) is 7.90. The van der Waals surface area contributed by atoms with E-state index in [1.54, 1.807) is 7.11 Å². The molecule has 1 aromatic carbocycles. The van der Waals surface area contributed by atoms with Crippen LogP contribution < -0.4 is 15.8 Å². The number of benzene rings is 1. The maximum atomic E-state index is 5.76. The van der Waals surface area contributed by atoms with Crippen molar-refractivity contribution < 1.29 is 9.47 Å². The summed E-state index contributed by atoms with van der Waals surface area (Å²) >= 11 is 0. The Labute approximate surface area is 126 Å². The summed E-state index contributed by atoms with van der Waals surface area (Å²) in [4.78, 5) is 6.36. The van der Waals surface area contributed by atoms with Crippen LogP contribution in [0.3, 0.4) is 0 Å². The van der Waals surface area contributed by atoms with Gasteiger partial charge in [-0.05, 0) is 31.8 Å². The van der Waals surface area contributed by atoms with Crippen molar-refractivity contribution in [1.29, 1.82) is 0 Å².